The van der Waals surface area contributed by atoms with Gasteiger partial charge in [-0.25, -0.2) is 0 Å². The minimum atomic E-state index is -0.189. The summed E-state index contributed by atoms with van der Waals surface area (Å²) >= 11 is 6.15. The Morgan fingerprint density at radius 2 is 2.05 bits per heavy atom. The van der Waals surface area contributed by atoms with Crippen LogP contribution in [0.1, 0.15) is 18.1 Å². The molecule has 0 radical (unpaired) electrons. The first kappa shape index (κ1) is 14.1. The lowest BCUT2D eigenvalue weighted by atomic mass is 9.94. The van der Waals surface area contributed by atoms with Crippen molar-refractivity contribution >= 4 is 11.6 Å². The van der Waals surface area contributed by atoms with Crippen molar-refractivity contribution in [2.24, 2.45) is 7.05 Å². The van der Waals surface area contributed by atoms with Gasteiger partial charge in [0.1, 0.15) is 0 Å². The minimum Gasteiger partial charge on any atom is -0.306 e. The molecule has 1 heterocycles. The van der Waals surface area contributed by atoms with Crippen molar-refractivity contribution in [2.75, 3.05) is 12.4 Å². The molecule has 1 aromatic heterocycles. The first-order valence-corrected chi connectivity index (χ1v) is 7.01. The topological polar surface area (TPSA) is 29.9 Å². The Balaban J connectivity index is 1.96. The lowest BCUT2D eigenvalue weighted by molar-refractivity contribution is 0.412. The zero-order valence-corrected chi connectivity index (χ0v) is 12.2. The fourth-order valence-corrected chi connectivity index (χ4v) is 2.36. The molecule has 4 heteroatoms. The SMILES string of the molecule is Cn1cc(CCNC(C)(CCl)c2ccccc2)cn1. The van der Waals surface area contributed by atoms with Crippen LogP contribution in [-0.2, 0) is 19.0 Å². The molecular weight excluding hydrogens is 258 g/mol. The third-order valence-corrected chi connectivity index (χ3v) is 3.90. The van der Waals surface area contributed by atoms with E-state index in [-0.39, 0.29) is 5.54 Å². The summed E-state index contributed by atoms with van der Waals surface area (Å²) in [5.41, 5.74) is 2.27. The highest BCUT2D eigenvalue weighted by atomic mass is 35.5. The summed E-state index contributed by atoms with van der Waals surface area (Å²) in [6.45, 7) is 3.02. The summed E-state index contributed by atoms with van der Waals surface area (Å²) in [5.74, 6) is 0.546. The van der Waals surface area contributed by atoms with Gasteiger partial charge < -0.3 is 5.32 Å². The number of rotatable bonds is 6. The summed E-state index contributed by atoms with van der Waals surface area (Å²) < 4.78 is 1.83. The van der Waals surface area contributed by atoms with Crippen LogP contribution in [0, 0.1) is 0 Å². The summed E-state index contributed by atoms with van der Waals surface area (Å²) in [7, 11) is 1.93. The number of halogens is 1. The molecule has 0 aliphatic heterocycles. The number of nitrogens with one attached hydrogen (secondary N) is 1. The van der Waals surface area contributed by atoms with E-state index in [1.165, 1.54) is 11.1 Å². The Morgan fingerprint density at radius 1 is 1.32 bits per heavy atom. The van der Waals surface area contributed by atoms with E-state index in [9.17, 15) is 0 Å². The largest absolute Gasteiger partial charge is 0.306 e. The molecule has 1 atom stereocenters. The molecule has 1 aromatic carbocycles. The van der Waals surface area contributed by atoms with E-state index in [2.05, 4.69) is 29.5 Å². The van der Waals surface area contributed by atoms with Crippen molar-refractivity contribution in [2.45, 2.75) is 18.9 Å². The van der Waals surface area contributed by atoms with Gasteiger partial charge in [-0.1, -0.05) is 30.3 Å². The molecule has 0 spiro atoms. The van der Waals surface area contributed by atoms with E-state index in [0.29, 0.717) is 5.88 Å². The monoisotopic (exact) mass is 277 g/mol. The van der Waals surface area contributed by atoms with E-state index in [1.807, 2.05) is 42.3 Å². The van der Waals surface area contributed by atoms with Gasteiger partial charge in [-0.15, -0.1) is 11.6 Å². The van der Waals surface area contributed by atoms with Gasteiger partial charge in [0, 0.05) is 25.7 Å². The quantitative estimate of drug-likeness (QED) is 0.823. The fourth-order valence-electron chi connectivity index (χ4n) is 2.12. The Morgan fingerprint density at radius 3 is 2.63 bits per heavy atom. The number of aromatic nitrogens is 2. The molecular formula is C15H20ClN3. The standard InChI is InChI=1S/C15H20ClN3/c1-15(12-16,14-6-4-3-5-7-14)17-9-8-13-10-18-19(2)11-13/h3-7,10-11,17H,8-9,12H2,1-2H3. The molecule has 0 saturated carbocycles. The zero-order chi connectivity index (χ0) is 13.7. The summed E-state index contributed by atoms with van der Waals surface area (Å²) in [4.78, 5) is 0. The highest BCUT2D eigenvalue weighted by Crippen LogP contribution is 2.21. The van der Waals surface area contributed by atoms with Crippen molar-refractivity contribution < 1.29 is 0 Å². The molecule has 3 nitrogen and oxygen atoms in total. The Labute approximate surface area is 119 Å². The zero-order valence-electron chi connectivity index (χ0n) is 11.4. The van der Waals surface area contributed by atoms with E-state index in [0.717, 1.165) is 13.0 Å². The van der Waals surface area contributed by atoms with Gasteiger partial charge in [0.25, 0.3) is 0 Å². The number of hydrogen-bond acceptors (Lipinski definition) is 2. The van der Waals surface area contributed by atoms with Crippen molar-refractivity contribution in [3.8, 4) is 0 Å². The molecule has 102 valence electrons. The molecule has 1 N–H and O–H groups in total. The van der Waals surface area contributed by atoms with Crippen LogP contribution in [0.15, 0.2) is 42.7 Å². The minimum absolute atomic E-state index is 0.189. The van der Waals surface area contributed by atoms with Gasteiger partial charge in [0.2, 0.25) is 0 Å². The van der Waals surface area contributed by atoms with Crippen LogP contribution in [0.5, 0.6) is 0 Å². The lowest BCUT2D eigenvalue weighted by Crippen LogP contribution is -2.42. The number of nitrogens with zero attached hydrogens (tertiary/aromatic N) is 2. The Bertz CT molecular complexity index is 509. The maximum Gasteiger partial charge on any atom is 0.0543 e. The second-order valence-corrected chi connectivity index (χ2v) is 5.30. The van der Waals surface area contributed by atoms with Crippen LogP contribution in [-0.4, -0.2) is 22.2 Å². The highest BCUT2D eigenvalue weighted by molar-refractivity contribution is 6.18. The van der Waals surface area contributed by atoms with Crippen molar-refractivity contribution in [3.05, 3.63) is 53.9 Å². The van der Waals surface area contributed by atoms with Gasteiger partial charge in [-0.05, 0) is 24.5 Å². The number of hydrogen-bond donors (Lipinski definition) is 1. The first-order chi connectivity index (χ1) is 9.14. The average molecular weight is 278 g/mol. The molecule has 1 unspecified atom stereocenters. The van der Waals surface area contributed by atoms with Crippen molar-refractivity contribution in [1.82, 2.24) is 15.1 Å². The van der Waals surface area contributed by atoms with Crippen LogP contribution in [0.2, 0.25) is 0 Å². The highest BCUT2D eigenvalue weighted by Gasteiger charge is 2.24. The van der Waals surface area contributed by atoms with Crippen LogP contribution in [0.4, 0.5) is 0 Å². The van der Waals surface area contributed by atoms with Gasteiger partial charge in [-0.2, -0.15) is 5.10 Å². The van der Waals surface area contributed by atoms with Gasteiger partial charge in [-0.3, -0.25) is 4.68 Å². The van der Waals surface area contributed by atoms with E-state index >= 15 is 0 Å². The van der Waals surface area contributed by atoms with Gasteiger partial charge >= 0.3 is 0 Å². The maximum atomic E-state index is 6.15. The molecule has 0 amide bonds. The average Bonchev–Trinajstić information content (AvgIpc) is 2.85. The Hall–Kier alpha value is -1.32. The molecule has 0 aliphatic carbocycles. The van der Waals surface area contributed by atoms with Crippen molar-refractivity contribution in [3.63, 3.8) is 0 Å². The van der Waals surface area contributed by atoms with Crippen LogP contribution >= 0.6 is 11.6 Å². The van der Waals surface area contributed by atoms with Gasteiger partial charge in [0.05, 0.1) is 11.7 Å². The predicted octanol–water partition coefficient (Wildman–Crippen LogP) is 2.71. The second-order valence-electron chi connectivity index (χ2n) is 5.03. The third-order valence-electron chi connectivity index (χ3n) is 3.37. The number of benzene rings is 1. The maximum absolute atomic E-state index is 6.15. The molecule has 19 heavy (non-hydrogen) atoms. The smallest absolute Gasteiger partial charge is 0.0543 e. The Kier molecular flexibility index (Phi) is 4.61. The molecule has 0 aliphatic rings. The molecule has 0 bridgehead atoms. The lowest BCUT2D eigenvalue weighted by Gasteiger charge is -2.29. The second kappa shape index (κ2) is 6.22. The summed E-state index contributed by atoms with van der Waals surface area (Å²) in [6, 6.07) is 10.3. The van der Waals surface area contributed by atoms with Crippen LogP contribution in [0.3, 0.4) is 0 Å². The third kappa shape index (κ3) is 3.58. The summed E-state index contributed by atoms with van der Waals surface area (Å²) in [5, 5.41) is 7.72. The van der Waals surface area contributed by atoms with Gasteiger partial charge in [0.15, 0.2) is 0 Å². The van der Waals surface area contributed by atoms with E-state index < -0.39 is 0 Å². The van der Waals surface area contributed by atoms with Crippen molar-refractivity contribution in [1.29, 1.82) is 0 Å². The number of aryl methyl sites for hydroxylation is 1. The van der Waals surface area contributed by atoms with Crippen LogP contribution < -0.4 is 5.32 Å². The van der Waals surface area contributed by atoms with E-state index in [1.54, 1.807) is 0 Å². The molecule has 0 fully saturated rings. The molecule has 2 rings (SSSR count). The molecule has 0 saturated heterocycles. The summed E-state index contributed by atoms with van der Waals surface area (Å²) in [6.07, 6.45) is 4.90. The number of alkyl halides is 1. The van der Waals surface area contributed by atoms with E-state index in [4.69, 9.17) is 11.6 Å². The predicted molar refractivity (Wildman–Crippen MR) is 79.4 cm³/mol. The molecule has 2 aromatic rings. The normalized spacial score (nSPS) is 14.3. The fraction of sp³-hybridized carbons (Fsp3) is 0.400. The van der Waals surface area contributed by atoms with Crippen LogP contribution in [0.25, 0.3) is 0 Å². The first-order valence-electron chi connectivity index (χ1n) is 6.48.